The number of pyridine rings is 1. The fraction of sp³-hybridized carbons (Fsp3) is 0.429. The lowest BCUT2D eigenvalue weighted by Crippen LogP contribution is -2.40. The molecule has 0 saturated carbocycles. The molecule has 31 heavy (non-hydrogen) atoms. The van der Waals surface area contributed by atoms with E-state index in [0.717, 1.165) is 12.1 Å². The molecule has 0 unspecified atom stereocenters. The van der Waals surface area contributed by atoms with Crippen molar-refractivity contribution in [2.24, 2.45) is 0 Å². The monoisotopic (exact) mass is 438 g/mol. The largest absolute Gasteiger partial charge is 0.503 e. The number of hydrogen-bond donors (Lipinski definition) is 2. The fourth-order valence-corrected chi connectivity index (χ4v) is 3.95. The first kappa shape index (κ1) is 21.4. The van der Waals surface area contributed by atoms with Crippen LogP contribution >= 0.6 is 0 Å². The second-order valence-electron chi connectivity index (χ2n) is 7.72. The number of alkyl halides is 2. The summed E-state index contributed by atoms with van der Waals surface area (Å²) in [5, 5.41) is 15.0. The van der Waals surface area contributed by atoms with Crippen molar-refractivity contribution in [3.8, 4) is 17.0 Å². The molecule has 1 aromatic carbocycles. The predicted molar refractivity (Wildman–Crippen MR) is 107 cm³/mol. The Balaban J connectivity index is 1.75. The third kappa shape index (κ3) is 3.91. The first-order valence-electron chi connectivity index (χ1n) is 10.1. The molecule has 0 radical (unpaired) electrons. The molecule has 1 fully saturated rings. The maximum Gasteiger partial charge on any atom is 0.250 e. The molecule has 1 aliphatic rings. The molecule has 2 N–H and O–H groups in total. The number of halogens is 4. The summed E-state index contributed by atoms with van der Waals surface area (Å²) >= 11 is 0. The van der Waals surface area contributed by atoms with E-state index in [0.29, 0.717) is 18.7 Å². The van der Waals surface area contributed by atoms with Gasteiger partial charge < -0.3 is 15.0 Å². The normalized spacial score (nSPS) is 16.8. The van der Waals surface area contributed by atoms with E-state index in [-0.39, 0.29) is 49.2 Å². The minimum Gasteiger partial charge on any atom is -0.503 e. The predicted octanol–water partition coefficient (Wildman–Crippen LogP) is 3.67. The minimum absolute atomic E-state index is 0.144. The number of nitrogens with zero attached hydrogens (tertiary/aromatic N) is 3. The summed E-state index contributed by atoms with van der Waals surface area (Å²) in [4.78, 5) is 17.5. The highest BCUT2D eigenvalue weighted by molar-refractivity contribution is 5.84. The van der Waals surface area contributed by atoms with Gasteiger partial charge in [-0.1, -0.05) is 13.0 Å². The van der Waals surface area contributed by atoms with Gasteiger partial charge in [0.25, 0.3) is 5.92 Å². The second-order valence-corrected chi connectivity index (χ2v) is 7.72. The lowest BCUT2D eigenvalue weighted by molar-refractivity contribution is -0.0555. The zero-order valence-corrected chi connectivity index (χ0v) is 16.9. The van der Waals surface area contributed by atoms with Crippen LogP contribution in [0.25, 0.3) is 22.3 Å². The topological polar surface area (TPSA) is 74.2 Å². The molecule has 6 nitrogen and oxygen atoms in total. The average Bonchev–Trinajstić information content (AvgIpc) is 3.08. The summed E-state index contributed by atoms with van der Waals surface area (Å²) in [7, 11) is 0. The van der Waals surface area contributed by atoms with Crippen LogP contribution in [0.15, 0.2) is 23.0 Å². The summed E-state index contributed by atoms with van der Waals surface area (Å²) in [5.74, 6) is -5.29. The number of piperidine rings is 1. The van der Waals surface area contributed by atoms with Gasteiger partial charge in [-0.25, -0.2) is 22.2 Å². The molecular weight excluding hydrogens is 416 g/mol. The average molecular weight is 438 g/mol. The van der Waals surface area contributed by atoms with Crippen LogP contribution in [-0.2, 0) is 13.0 Å². The Kier molecular flexibility index (Phi) is 5.50. The molecule has 0 aliphatic carbocycles. The number of likely N-dealkylation sites (tertiary alicyclic amines) is 1. The Morgan fingerprint density at radius 2 is 1.81 bits per heavy atom. The van der Waals surface area contributed by atoms with E-state index in [1.807, 2.05) is 4.90 Å². The van der Waals surface area contributed by atoms with Crippen molar-refractivity contribution < 1.29 is 22.7 Å². The van der Waals surface area contributed by atoms with Crippen molar-refractivity contribution in [2.45, 2.75) is 38.7 Å². The lowest BCUT2D eigenvalue weighted by atomic mass is 10.1. The van der Waals surface area contributed by atoms with Crippen LogP contribution in [0.4, 0.5) is 17.6 Å². The number of aromatic hydroxyl groups is 1. The quantitative estimate of drug-likeness (QED) is 0.597. The van der Waals surface area contributed by atoms with Crippen molar-refractivity contribution >= 4 is 11.0 Å². The number of aryl methyl sites for hydroxylation is 1. The molecular formula is C21H22F4N4O2. The van der Waals surface area contributed by atoms with E-state index in [2.05, 4.69) is 10.1 Å². The van der Waals surface area contributed by atoms with Gasteiger partial charge in [-0.15, -0.1) is 0 Å². The van der Waals surface area contributed by atoms with E-state index in [4.69, 9.17) is 0 Å². The van der Waals surface area contributed by atoms with Gasteiger partial charge in [0.2, 0.25) is 5.43 Å². The van der Waals surface area contributed by atoms with Gasteiger partial charge >= 0.3 is 0 Å². The zero-order chi connectivity index (χ0) is 22.3. The number of fused-ring (bicyclic) bond motifs is 1. The van der Waals surface area contributed by atoms with Gasteiger partial charge in [-0.2, -0.15) is 5.10 Å². The van der Waals surface area contributed by atoms with Gasteiger partial charge in [0.1, 0.15) is 17.3 Å². The Bertz CT molecular complexity index is 1160. The fourth-order valence-electron chi connectivity index (χ4n) is 3.95. The van der Waals surface area contributed by atoms with Crippen molar-refractivity contribution in [3.63, 3.8) is 0 Å². The summed E-state index contributed by atoms with van der Waals surface area (Å²) < 4.78 is 56.9. The standard InChI is InChI=1S/C21H22F4N4O2/c1-2-14-16-18(30)19(31)17(15-12(22)4-3-5-13(15)23)26-20(16)29(27-14)11-10-28-8-6-21(24,25)7-9-28/h3-5,31H,2,6-11H2,1H3,(H,26,30). The smallest absolute Gasteiger partial charge is 0.250 e. The molecule has 0 atom stereocenters. The third-order valence-corrected chi connectivity index (χ3v) is 5.71. The number of benzene rings is 1. The van der Waals surface area contributed by atoms with Gasteiger partial charge in [0.15, 0.2) is 5.75 Å². The minimum atomic E-state index is -2.65. The molecule has 3 aromatic rings. The Morgan fingerprint density at radius 1 is 1.16 bits per heavy atom. The van der Waals surface area contributed by atoms with E-state index in [1.54, 1.807) is 6.92 Å². The van der Waals surface area contributed by atoms with Crippen molar-refractivity contribution in [1.29, 1.82) is 0 Å². The van der Waals surface area contributed by atoms with Gasteiger partial charge in [-0.05, 0) is 18.6 Å². The van der Waals surface area contributed by atoms with E-state index in [1.165, 1.54) is 10.7 Å². The molecule has 4 rings (SSSR count). The van der Waals surface area contributed by atoms with Crippen LogP contribution in [0, 0.1) is 11.6 Å². The molecule has 1 saturated heterocycles. The van der Waals surface area contributed by atoms with Crippen LogP contribution in [0.1, 0.15) is 25.5 Å². The molecule has 1 aliphatic heterocycles. The molecule has 0 bridgehead atoms. The molecule has 2 aromatic heterocycles. The third-order valence-electron chi connectivity index (χ3n) is 5.71. The van der Waals surface area contributed by atoms with Gasteiger partial charge in [0, 0.05) is 32.5 Å². The van der Waals surface area contributed by atoms with Gasteiger partial charge in [-0.3, -0.25) is 4.79 Å². The highest BCUT2D eigenvalue weighted by atomic mass is 19.3. The van der Waals surface area contributed by atoms with E-state index >= 15 is 0 Å². The summed E-state index contributed by atoms with van der Waals surface area (Å²) in [6, 6.07) is 3.24. The van der Waals surface area contributed by atoms with Crippen molar-refractivity contribution in [3.05, 3.63) is 45.8 Å². The Hall–Kier alpha value is -2.88. The first-order valence-corrected chi connectivity index (χ1v) is 10.1. The number of aromatic amines is 1. The Morgan fingerprint density at radius 3 is 2.42 bits per heavy atom. The highest BCUT2D eigenvalue weighted by Gasteiger charge is 2.33. The molecule has 10 heteroatoms. The lowest BCUT2D eigenvalue weighted by Gasteiger charge is -2.31. The number of rotatable bonds is 5. The molecule has 3 heterocycles. The van der Waals surface area contributed by atoms with E-state index in [9.17, 15) is 27.5 Å². The maximum absolute atomic E-state index is 14.3. The highest BCUT2D eigenvalue weighted by Crippen LogP contribution is 2.32. The first-order chi connectivity index (χ1) is 14.7. The SMILES string of the molecule is CCc1nn(CCN2CCC(F)(F)CC2)c2[nH]c(-c3c(F)cccc3F)c(O)c(=O)c12. The van der Waals surface area contributed by atoms with Crippen LogP contribution < -0.4 is 5.43 Å². The van der Waals surface area contributed by atoms with Crippen LogP contribution in [0.5, 0.6) is 5.75 Å². The van der Waals surface area contributed by atoms with Crippen LogP contribution in [-0.4, -0.2) is 50.3 Å². The summed E-state index contributed by atoms with van der Waals surface area (Å²) in [6.45, 7) is 2.98. The molecule has 166 valence electrons. The number of aromatic nitrogens is 3. The molecule has 0 spiro atoms. The van der Waals surface area contributed by atoms with E-state index < -0.39 is 34.3 Å². The summed E-state index contributed by atoms with van der Waals surface area (Å²) in [5.41, 5.74) is -1.03. The van der Waals surface area contributed by atoms with Crippen LogP contribution in [0.2, 0.25) is 0 Å². The van der Waals surface area contributed by atoms with Crippen molar-refractivity contribution in [1.82, 2.24) is 19.7 Å². The second kappa shape index (κ2) is 7.99. The zero-order valence-electron chi connectivity index (χ0n) is 16.9. The summed E-state index contributed by atoms with van der Waals surface area (Å²) in [6.07, 6.45) is -0.0294. The molecule has 0 amide bonds. The number of hydrogen-bond acceptors (Lipinski definition) is 4. The maximum atomic E-state index is 14.3. The van der Waals surface area contributed by atoms with Crippen molar-refractivity contribution in [2.75, 3.05) is 19.6 Å². The van der Waals surface area contributed by atoms with Gasteiger partial charge in [0.05, 0.1) is 28.9 Å². The number of H-pyrrole nitrogens is 1. The van der Waals surface area contributed by atoms with Crippen LogP contribution in [0.3, 0.4) is 0 Å². The Labute approximate surface area is 175 Å². The number of nitrogens with one attached hydrogen (secondary N) is 1.